The van der Waals surface area contributed by atoms with Crippen molar-refractivity contribution in [3.05, 3.63) is 35.9 Å². The first-order chi connectivity index (χ1) is 11.6. The van der Waals surface area contributed by atoms with Gasteiger partial charge in [0, 0.05) is 32.1 Å². The normalized spacial score (nSPS) is 17.6. The summed E-state index contributed by atoms with van der Waals surface area (Å²) in [5, 5.41) is 5.98. The van der Waals surface area contributed by atoms with Crippen molar-refractivity contribution in [2.45, 2.75) is 33.1 Å². The Morgan fingerprint density at radius 1 is 1.21 bits per heavy atom. The van der Waals surface area contributed by atoms with Crippen LogP contribution in [0, 0.1) is 11.8 Å². The highest BCUT2D eigenvalue weighted by molar-refractivity contribution is 5.77. The molecule has 0 aromatic heterocycles. The SMILES string of the molecule is CC(C)C(=O)NCC1CCCN(C(=O)NCCc2ccccc2)C1. The van der Waals surface area contributed by atoms with Crippen molar-refractivity contribution in [2.75, 3.05) is 26.2 Å². The summed E-state index contributed by atoms with van der Waals surface area (Å²) in [7, 11) is 0. The van der Waals surface area contributed by atoms with Gasteiger partial charge in [-0.15, -0.1) is 0 Å². The molecule has 0 saturated carbocycles. The van der Waals surface area contributed by atoms with E-state index in [0.29, 0.717) is 19.0 Å². The van der Waals surface area contributed by atoms with E-state index in [4.69, 9.17) is 0 Å². The van der Waals surface area contributed by atoms with Crippen LogP contribution in [-0.2, 0) is 11.2 Å². The smallest absolute Gasteiger partial charge is 0.317 e. The van der Waals surface area contributed by atoms with Gasteiger partial charge >= 0.3 is 6.03 Å². The van der Waals surface area contributed by atoms with Gasteiger partial charge in [-0.05, 0) is 30.7 Å². The van der Waals surface area contributed by atoms with Crippen LogP contribution in [0.15, 0.2) is 30.3 Å². The van der Waals surface area contributed by atoms with E-state index in [1.807, 2.05) is 36.9 Å². The zero-order chi connectivity index (χ0) is 17.4. The summed E-state index contributed by atoms with van der Waals surface area (Å²) in [6, 6.07) is 10.2. The molecule has 1 atom stereocenters. The van der Waals surface area contributed by atoms with Crippen molar-refractivity contribution in [1.82, 2.24) is 15.5 Å². The number of urea groups is 1. The first-order valence-electron chi connectivity index (χ1n) is 8.90. The third kappa shape index (κ3) is 5.87. The number of nitrogens with one attached hydrogen (secondary N) is 2. The van der Waals surface area contributed by atoms with E-state index in [-0.39, 0.29) is 17.9 Å². The van der Waals surface area contributed by atoms with Crippen LogP contribution < -0.4 is 10.6 Å². The topological polar surface area (TPSA) is 61.4 Å². The summed E-state index contributed by atoms with van der Waals surface area (Å²) in [6.07, 6.45) is 2.90. The molecule has 5 heteroatoms. The Balaban J connectivity index is 1.70. The van der Waals surface area contributed by atoms with Crippen LogP contribution in [0.3, 0.4) is 0 Å². The van der Waals surface area contributed by atoms with Crippen LogP contribution >= 0.6 is 0 Å². The first-order valence-corrected chi connectivity index (χ1v) is 8.90. The van der Waals surface area contributed by atoms with Gasteiger partial charge in [0.1, 0.15) is 0 Å². The van der Waals surface area contributed by atoms with Crippen molar-refractivity contribution in [1.29, 1.82) is 0 Å². The van der Waals surface area contributed by atoms with Crippen molar-refractivity contribution < 1.29 is 9.59 Å². The molecule has 1 unspecified atom stereocenters. The van der Waals surface area contributed by atoms with Crippen molar-refractivity contribution in [3.8, 4) is 0 Å². The lowest BCUT2D eigenvalue weighted by Gasteiger charge is -2.33. The summed E-state index contributed by atoms with van der Waals surface area (Å²) in [6.45, 7) is 6.60. The average Bonchev–Trinajstić information content (AvgIpc) is 2.60. The molecular formula is C19H29N3O2. The number of piperidine rings is 1. The molecule has 1 aromatic carbocycles. The molecule has 1 heterocycles. The molecular weight excluding hydrogens is 302 g/mol. The molecule has 132 valence electrons. The van der Waals surface area contributed by atoms with Gasteiger partial charge in [0.05, 0.1) is 0 Å². The van der Waals surface area contributed by atoms with Crippen molar-refractivity contribution in [3.63, 3.8) is 0 Å². The van der Waals surface area contributed by atoms with E-state index in [0.717, 1.165) is 32.4 Å². The minimum absolute atomic E-state index is 0.00539. The summed E-state index contributed by atoms with van der Waals surface area (Å²) in [5.41, 5.74) is 1.23. The minimum atomic E-state index is 0.00539. The zero-order valence-corrected chi connectivity index (χ0v) is 14.8. The third-order valence-electron chi connectivity index (χ3n) is 4.43. The first kappa shape index (κ1) is 18.3. The molecule has 1 aromatic rings. The van der Waals surface area contributed by atoms with E-state index >= 15 is 0 Å². The molecule has 1 aliphatic rings. The number of benzene rings is 1. The van der Waals surface area contributed by atoms with Crippen LogP contribution in [-0.4, -0.2) is 43.0 Å². The molecule has 1 aliphatic heterocycles. The predicted octanol–water partition coefficient (Wildman–Crippen LogP) is 2.42. The van der Waals surface area contributed by atoms with Crippen molar-refractivity contribution >= 4 is 11.9 Å². The summed E-state index contributed by atoms with van der Waals surface area (Å²) < 4.78 is 0. The number of carbonyl (C=O) groups is 2. The maximum absolute atomic E-state index is 12.3. The van der Waals surface area contributed by atoms with Gasteiger partial charge in [0.2, 0.25) is 5.91 Å². The highest BCUT2D eigenvalue weighted by atomic mass is 16.2. The average molecular weight is 331 g/mol. The monoisotopic (exact) mass is 331 g/mol. The number of nitrogens with zero attached hydrogens (tertiary/aromatic N) is 1. The molecule has 2 N–H and O–H groups in total. The highest BCUT2D eigenvalue weighted by Gasteiger charge is 2.24. The van der Waals surface area contributed by atoms with Gasteiger partial charge in [0.15, 0.2) is 0 Å². The molecule has 3 amide bonds. The summed E-state index contributed by atoms with van der Waals surface area (Å²) >= 11 is 0. The molecule has 0 aliphatic carbocycles. The molecule has 0 radical (unpaired) electrons. The lowest BCUT2D eigenvalue weighted by atomic mass is 9.98. The fourth-order valence-electron chi connectivity index (χ4n) is 2.94. The van der Waals surface area contributed by atoms with Gasteiger partial charge in [0.25, 0.3) is 0 Å². The zero-order valence-electron chi connectivity index (χ0n) is 14.8. The largest absolute Gasteiger partial charge is 0.356 e. The van der Waals surface area contributed by atoms with Gasteiger partial charge in [-0.2, -0.15) is 0 Å². The molecule has 24 heavy (non-hydrogen) atoms. The number of likely N-dealkylation sites (tertiary alicyclic amines) is 1. The Bertz CT molecular complexity index is 531. The quantitative estimate of drug-likeness (QED) is 0.841. The molecule has 1 saturated heterocycles. The van der Waals surface area contributed by atoms with E-state index in [2.05, 4.69) is 22.8 Å². The Kier molecular flexibility index (Phi) is 7.09. The maximum atomic E-state index is 12.3. The summed E-state index contributed by atoms with van der Waals surface area (Å²) in [4.78, 5) is 25.9. The van der Waals surface area contributed by atoms with E-state index in [1.54, 1.807) is 0 Å². The fraction of sp³-hybridized carbons (Fsp3) is 0.579. The summed E-state index contributed by atoms with van der Waals surface area (Å²) in [5.74, 6) is 0.437. The number of carbonyl (C=O) groups excluding carboxylic acids is 2. The second-order valence-corrected chi connectivity index (χ2v) is 6.82. The molecule has 2 rings (SSSR count). The standard InChI is InChI=1S/C19H29N3O2/c1-15(2)18(23)21-13-17-9-6-12-22(14-17)19(24)20-11-10-16-7-4-3-5-8-16/h3-5,7-8,15,17H,6,9-14H2,1-2H3,(H,20,24)(H,21,23). The lowest BCUT2D eigenvalue weighted by molar-refractivity contribution is -0.124. The Labute approximate surface area is 144 Å². The Morgan fingerprint density at radius 3 is 2.67 bits per heavy atom. The van der Waals surface area contributed by atoms with E-state index < -0.39 is 0 Å². The minimum Gasteiger partial charge on any atom is -0.356 e. The number of hydrogen-bond donors (Lipinski definition) is 2. The Hall–Kier alpha value is -2.04. The molecule has 1 fully saturated rings. The number of amides is 3. The van der Waals surface area contributed by atoms with Crippen LogP contribution in [0.25, 0.3) is 0 Å². The number of rotatable bonds is 6. The lowest BCUT2D eigenvalue weighted by Crippen LogP contribution is -2.48. The van der Waals surface area contributed by atoms with Crippen LogP contribution in [0.1, 0.15) is 32.3 Å². The highest BCUT2D eigenvalue weighted by Crippen LogP contribution is 2.16. The van der Waals surface area contributed by atoms with Crippen LogP contribution in [0.2, 0.25) is 0 Å². The van der Waals surface area contributed by atoms with Gasteiger partial charge < -0.3 is 15.5 Å². The van der Waals surface area contributed by atoms with Crippen molar-refractivity contribution in [2.24, 2.45) is 11.8 Å². The molecule has 5 nitrogen and oxygen atoms in total. The van der Waals surface area contributed by atoms with Crippen LogP contribution in [0.5, 0.6) is 0 Å². The van der Waals surface area contributed by atoms with Gasteiger partial charge in [-0.3, -0.25) is 4.79 Å². The second-order valence-electron chi connectivity index (χ2n) is 6.82. The Morgan fingerprint density at radius 2 is 1.96 bits per heavy atom. The molecule has 0 spiro atoms. The fourth-order valence-corrected chi connectivity index (χ4v) is 2.94. The third-order valence-corrected chi connectivity index (χ3v) is 4.43. The van der Waals surface area contributed by atoms with Gasteiger partial charge in [-0.25, -0.2) is 4.79 Å². The maximum Gasteiger partial charge on any atom is 0.317 e. The molecule has 0 bridgehead atoms. The van der Waals surface area contributed by atoms with E-state index in [9.17, 15) is 9.59 Å². The second kappa shape index (κ2) is 9.30. The van der Waals surface area contributed by atoms with Crippen LogP contribution in [0.4, 0.5) is 4.79 Å². The predicted molar refractivity (Wildman–Crippen MR) is 95.7 cm³/mol. The van der Waals surface area contributed by atoms with E-state index in [1.165, 1.54) is 5.56 Å². The van der Waals surface area contributed by atoms with Gasteiger partial charge in [-0.1, -0.05) is 44.2 Å². The number of hydrogen-bond acceptors (Lipinski definition) is 2.